The minimum absolute atomic E-state index is 0.0868. The standard InChI is InChI=1S/C15H20N4O4S/c1-17-10-13(14(20)18(2)15(17)21)24(22,23)19(12-5-6-12)9-11-4-3-7-16-8-11/h3-4,7-8,12-13H,5-6,9-10H2,1-2H3. The van der Waals surface area contributed by atoms with Crippen molar-refractivity contribution in [3.8, 4) is 0 Å². The molecule has 0 aromatic carbocycles. The van der Waals surface area contributed by atoms with E-state index < -0.39 is 27.2 Å². The Morgan fingerprint density at radius 3 is 2.58 bits per heavy atom. The zero-order valence-corrected chi connectivity index (χ0v) is 14.4. The molecule has 2 fully saturated rings. The number of imide groups is 1. The first kappa shape index (κ1) is 16.8. The van der Waals surface area contributed by atoms with Crippen molar-refractivity contribution in [1.82, 2.24) is 19.1 Å². The van der Waals surface area contributed by atoms with Crippen LogP contribution in [0.5, 0.6) is 0 Å². The highest BCUT2D eigenvalue weighted by Gasteiger charge is 2.48. The summed E-state index contributed by atoms with van der Waals surface area (Å²) >= 11 is 0. The molecule has 0 spiro atoms. The monoisotopic (exact) mass is 352 g/mol. The second-order valence-electron chi connectivity index (χ2n) is 6.23. The van der Waals surface area contributed by atoms with Crippen molar-refractivity contribution in [2.24, 2.45) is 0 Å². The fraction of sp³-hybridized carbons (Fsp3) is 0.533. The number of carbonyl (C=O) groups excluding carboxylic acids is 2. The molecule has 3 amide bonds. The van der Waals surface area contributed by atoms with Crippen molar-refractivity contribution in [3.63, 3.8) is 0 Å². The maximum atomic E-state index is 13.1. The first-order chi connectivity index (χ1) is 11.3. The molecule has 0 radical (unpaired) electrons. The molecule has 1 saturated heterocycles. The van der Waals surface area contributed by atoms with Gasteiger partial charge < -0.3 is 4.90 Å². The summed E-state index contributed by atoms with van der Waals surface area (Å²) in [6.45, 7) is 0.0621. The van der Waals surface area contributed by atoms with Crippen molar-refractivity contribution in [3.05, 3.63) is 30.1 Å². The Hall–Kier alpha value is -2.00. The molecule has 1 aromatic heterocycles. The average Bonchev–Trinajstić information content (AvgIpc) is 3.39. The second kappa shape index (κ2) is 6.14. The van der Waals surface area contributed by atoms with Crippen LogP contribution in [0.4, 0.5) is 4.79 Å². The molecule has 2 aliphatic rings. The number of carbonyl (C=O) groups is 2. The number of sulfonamides is 1. The van der Waals surface area contributed by atoms with Gasteiger partial charge in [-0.3, -0.25) is 14.7 Å². The van der Waals surface area contributed by atoms with Crippen molar-refractivity contribution in [2.45, 2.75) is 30.7 Å². The maximum Gasteiger partial charge on any atom is 0.326 e. The largest absolute Gasteiger partial charge is 0.326 e. The van der Waals surface area contributed by atoms with Gasteiger partial charge in [0, 0.05) is 45.6 Å². The third-order valence-electron chi connectivity index (χ3n) is 4.36. The van der Waals surface area contributed by atoms with Gasteiger partial charge in [-0.15, -0.1) is 0 Å². The van der Waals surface area contributed by atoms with Crippen LogP contribution in [-0.4, -0.2) is 71.4 Å². The van der Waals surface area contributed by atoms with Crippen LogP contribution in [0.1, 0.15) is 18.4 Å². The molecule has 0 bridgehead atoms. The lowest BCUT2D eigenvalue weighted by Crippen LogP contribution is -2.60. The van der Waals surface area contributed by atoms with Gasteiger partial charge in [-0.1, -0.05) is 6.07 Å². The summed E-state index contributed by atoms with van der Waals surface area (Å²) in [5.41, 5.74) is 0.772. The van der Waals surface area contributed by atoms with E-state index in [0.717, 1.165) is 23.3 Å². The molecule has 3 rings (SSSR count). The zero-order valence-electron chi connectivity index (χ0n) is 13.6. The van der Waals surface area contributed by atoms with E-state index in [1.807, 2.05) is 6.07 Å². The summed E-state index contributed by atoms with van der Waals surface area (Å²) in [6, 6.07) is 2.98. The first-order valence-electron chi connectivity index (χ1n) is 7.74. The number of rotatable bonds is 5. The topological polar surface area (TPSA) is 90.9 Å². The van der Waals surface area contributed by atoms with E-state index >= 15 is 0 Å². The fourth-order valence-corrected chi connectivity index (χ4v) is 4.92. The normalized spacial score (nSPS) is 22.4. The molecule has 1 aliphatic heterocycles. The van der Waals surface area contributed by atoms with Gasteiger partial charge >= 0.3 is 6.03 Å². The number of amides is 3. The van der Waals surface area contributed by atoms with Crippen molar-refractivity contribution >= 4 is 22.0 Å². The molecule has 8 nitrogen and oxygen atoms in total. The summed E-state index contributed by atoms with van der Waals surface area (Å²) in [4.78, 5) is 30.4. The highest BCUT2D eigenvalue weighted by molar-refractivity contribution is 7.90. The Morgan fingerprint density at radius 1 is 1.29 bits per heavy atom. The molecule has 1 aromatic rings. The Kier molecular flexibility index (Phi) is 4.31. The van der Waals surface area contributed by atoms with Gasteiger partial charge in [0.15, 0.2) is 5.25 Å². The van der Waals surface area contributed by atoms with E-state index in [4.69, 9.17) is 0 Å². The number of nitrogens with zero attached hydrogens (tertiary/aromatic N) is 4. The smallest absolute Gasteiger partial charge is 0.325 e. The van der Waals surface area contributed by atoms with Crippen LogP contribution in [0.25, 0.3) is 0 Å². The van der Waals surface area contributed by atoms with Gasteiger partial charge in [0.25, 0.3) is 5.91 Å². The van der Waals surface area contributed by atoms with Crippen LogP contribution < -0.4 is 0 Å². The van der Waals surface area contributed by atoms with Crippen LogP contribution in [0.2, 0.25) is 0 Å². The predicted octanol–water partition coefficient (Wildman–Crippen LogP) is 0.268. The molecule has 1 saturated carbocycles. The predicted molar refractivity (Wildman–Crippen MR) is 86.3 cm³/mol. The number of urea groups is 1. The highest BCUT2D eigenvalue weighted by Crippen LogP contribution is 2.33. The van der Waals surface area contributed by atoms with Gasteiger partial charge in [0.2, 0.25) is 10.0 Å². The maximum absolute atomic E-state index is 13.1. The average molecular weight is 352 g/mol. The van der Waals surface area contributed by atoms with Crippen LogP contribution in [0.3, 0.4) is 0 Å². The van der Waals surface area contributed by atoms with Crippen LogP contribution in [-0.2, 0) is 21.4 Å². The van der Waals surface area contributed by atoms with E-state index in [9.17, 15) is 18.0 Å². The van der Waals surface area contributed by atoms with Gasteiger partial charge in [0.1, 0.15) is 0 Å². The number of hydrogen-bond acceptors (Lipinski definition) is 5. The SMILES string of the molecule is CN1CC(S(=O)(=O)N(Cc2cccnc2)C2CC2)C(=O)N(C)C1=O. The molecule has 1 unspecified atom stereocenters. The third kappa shape index (κ3) is 3.01. The van der Waals surface area contributed by atoms with E-state index in [0.29, 0.717) is 0 Å². The number of aromatic nitrogens is 1. The van der Waals surface area contributed by atoms with Crippen LogP contribution in [0, 0.1) is 0 Å². The zero-order chi connectivity index (χ0) is 17.5. The van der Waals surface area contributed by atoms with Crippen molar-refractivity contribution in [2.75, 3.05) is 20.6 Å². The number of hydrogen-bond donors (Lipinski definition) is 0. The summed E-state index contributed by atoms with van der Waals surface area (Å²) in [7, 11) is -1.07. The molecule has 1 aliphatic carbocycles. The Balaban J connectivity index is 1.89. The van der Waals surface area contributed by atoms with Gasteiger partial charge in [-0.05, 0) is 24.5 Å². The van der Waals surface area contributed by atoms with E-state index in [1.54, 1.807) is 18.5 Å². The Morgan fingerprint density at radius 2 is 2.00 bits per heavy atom. The molecule has 130 valence electrons. The highest BCUT2D eigenvalue weighted by atomic mass is 32.2. The molecule has 0 N–H and O–H groups in total. The molecule has 2 heterocycles. The Bertz CT molecular complexity index is 748. The van der Waals surface area contributed by atoms with Crippen molar-refractivity contribution in [1.29, 1.82) is 0 Å². The molecule has 1 atom stereocenters. The number of pyridine rings is 1. The fourth-order valence-electron chi connectivity index (χ4n) is 2.82. The lowest BCUT2D eigenvalue weighted by Gasteiger charge is -2.36. The molecular formula is C15H20N4O4S. The minimum atomic E-state index is -3.88. The minimum Gasteiger partial charge on any atom is -0.325 e. The van der Waals surface area contributed by atoms with E-state index in [1.165, 1.54) is 23.3 Å². The molecular weight excluding hydrogens is 332 g/mol. The first-order valence-corrected chi connectivity index (χ1v) is 9.25. The van der Waals surface area contributed by atoms with Crippen molar-refractivity contribution < 1.29 is 18.0 Å². The van der Waals surface area contributed by atoms with E-state index in [2.05, 4.69) is 4.98 Å². The summed E-state index contributed by atoms with van der Waals surface area (Å²) in [6.07, 6.45) is 4.81. The van der Waals surface area contributed by atoms with Gasteiger partial charge in [-0.2, -0.15) is 4.31 Å². The summed E-state index contributed by atoms with van der Waals surface area (Å²) in [5, 5.41) is -1.26. The van der Waals surface area contributed by atoms with E-state index in [-0.39, 0.29) is 19.1 Å². The Labute approximate surface area is 141 Å². The lowest BCUT2D eigenvalue weighted by molar-refractivity contribution is -0.129. The van der Waals surface area contributed by atoms with Gasteiger partial charge in [-0.25, -0.2) is 13.2 Å². The lowest BCUT2D eigenvalue weighted by atomic mass is 10.3. The second-order valence-corrected chi connectivity index (χ2v) is 8.30. The molecule has 24 heavy (non-hydrogen) atoms. The summed E-state index contributed by atoms with van der Waals surface area (Å²) in [5.74, 6) is -0.671. The van der Waals surface area contributed by atoms with Crippen LogP contribution >= 0.6 is 0 Å². The third-order valence-corrected chi connectivity index (χ3v) is 6.51. The van der Waals surface area contributed by atoms with Crippen LogP contribution in [0.15, 0.2) is 24.5 Å². The quantitative estimate of drug-likeness (QED) is 0.758. The summed E-state index contributed by atoms with van der Waals surface area (Å²) < 4.78 is 27.6. The molecule has 9 heteroatoms. The van der Waals surface area contributed by atoms with Gasteiger partial charge in [0.05, 0.1) is 0 Å².